The third kappa shape index (κ3) is 3.28. The Hall–Kier alpha value is -1.18. The highest BCUT2D eigenvalue weighted by atomic mass is 16.6. The van der Waals surface area contributed by atoms with E-state index in [0.717, 1.165) is 11.3 Å². The summed E-state index contributed by atoms with van der Waals surface area (Å²) in [5.41, 5.74) is 0.874. The summed E-state index contributed by atoms with van der Waals surface area (Å²) in [6.07, 6.45) is -5.12. The molecule has 3 N–H and O–H groups in total. The molecule has 1 heterocycles. The number of rotatable bonds is 4. The number of aliphatic hydroxyl groups is 3. The number of ether oxygens (including phenoxy) is 3. The predicted molar refractivity (Wildman–Crippen MR) is 70.1 cm³/mol. The van der Waals surface area contributed by atoms with Gasteiger partial charge in [0.1, 0.15) is 24.1 Å². The van der Waals surface area contributed by atoms with Crippen LogP contribution in [-0.2, 0) is 16.1 Å². The van der Waals surface area contributed by atoms with E-state index >= 15 is 0 Å². The quantitative estimate of drug-likeness (QED) is 0.723. The van der Waals surface area contributed by atoms with Crippen molar-refractivity contribution in [1.82, 2.24) is 0 Å². The van der Waals surface area contributed by atoms with Crippen molar-refractivity contribution >= 4 is 0 Å². The molecule has 0 radical (unpaired) electrons. The smallest absolute Gasteiger partial charge is 0.183 e. The van der Waals surface area contributed by atoms with Crippen LogP contribution in [0.5, 0.6) is 5.75 Å². The van der Waals surface area contributed by atoms with Gasteiger partial charge in [-0.2, -0.15) is 0 Å². The topological polar surface area (TPSA) is 88.4 Å². The third-order valence-corrected chi connectivity index (χ3v) is 3.40. The lowest BCUT2D eigenvalue weighted by atomic mass is 10.00. The molecule has 2 rings (SSSR count). The van der Waals surface area contributed by atoms with Crippen LogP contribution in [-0.4, -0.2) is 53.1 Å². The summed E-state index contributed by atoms with van der Waals surface area (Å²) in [5.74, 6) is 0.740. The van der Waals surface area contributed by atoms with Crippen LogP contribution in [0.15, 0.2) is 24.3 Å². The lowest BCUT2D eigenvalue weighted by Gasteiger charge is -2.39. The molecule has 1 aliphatic rings. The number of hydrogen-bond acceptors (Lipinski definition) is 6. The maximum Gasteiger partial charge on any atom is 0.183 e. The molecule has 6 heteroatoms. The largest absolute Gasteiger partial charge is 0.497 e. The van der Waals surface area contributed by atoms with Gasteiger partial charge >= 0.3 is 0 Å². The molecule has 0 bridgehead atoms. The van der Waals surface area contributed by atoms with Crippen molar-refractivity contribution in [2.75, 3.05) is 7.11 Å². The minimum atomic E-state index is -1.35. The summed E-state index contributed by atoms with van der Waals surface area (Å²) >= 11 is 0. The van der Waals surface area contributed by atoms with Crippen LogP contribution < -0.4 is 4.74 Å². The molecular formula is C14H20O6. The van der Waals surface area contributed by atoms with Gasteiger partial charge in [-0.15, -0.1) is 0 Å². The van der Waals surface area contributed by atoms with Crippen LogP contribution in [0, 0.1) is 0 Å². The summed E-state index contributed by atoms with van der Waals surface area (Å²) in [6.45, 7) is 1.83. The Balaban J connectivity index is 1.97. The van der Waals surface area contributed by atoms with Gasteiger partial charge in [0.15, 0.2) is 6.29 Å². The van der Waals surface area contributed by atoms with Gasteiger partial charge in [0.2, 0.25) is 0 Å². The Kier molecular flexibility index (Phi) is 4.95. The molecule has 1 saturated heterocycles. The maximum atomic E-state index is 9.94. The molecule has 1 aliphatic heterocycles. The fraction of sp³-hybridized carbons (Fsp3) is 0.571. The van der Waals surface area contributed by atoms with Crippen LogP contribution >= 0.6 is 0 Å². The van der Waals surface area contributed by atoms with Gasteiger partial charge in [-0.05, 0) is 24.6 Å². The fourth-order valence-electron chi connectivity index (χ4n) is 2.12. The van der Waals surface area contributed by atoms with Crippen LogP contribution in [0.2, 0.25) is 0 Å². The summed E-state index contributed by atoms with van der Waals surface area (Å²) < 4.78 is 15.6. The third-order valence-electron chi connectivity index (χ3n) is 3.40. The van der Waals surface area contributed by atoms with Crippen molar-refractivity contribution in [3.05, 3.63) is 29.8 Å². The molecule has 0 aliphatic carbocycles. The van der Waals surface area contributed by atoms with Gasteiger partial charge in [0.25, 0.3) is 0 Å². The van der Waals surface area contributed by atoms with E-state index in [4.69, 9.17) is 14.2 Å². The molecule has 1 aromatic rings. The highest BCUT2D eigenvalue weighted by Gasteiger charge is 2.42. The molecule has 0 aromatic heterocycles. The Bertz CT molecular complexity index is 406. The molecule has 20 heavy (non-hydrogen) atoms. The van der Waals surface area contributed by atoms with E-state index in [9.17, 15) is 15.3 Å². The second kappa shape index (κ2) is 6.51. The minimum absolute atomic E-state index is 0.211. The number of hydrogen-bond donors (Lipinski definition) is 3. The van der Waals surface area contributed by atoms with E-state index in [2.05, 4.69) is 0 Å². The average molecular weight is 284 g/mol. The van der Waals surface area contributed by atoms with Gasteiger partial charge in [-0.3, -0.25) is 0 Å². The second-order valence-electron chi connectivity index (χ2n) is 4.84. The van der Waals surface area contributed by atoms with Gasteiger partial charge < -0.3 is 29.5 Å². The summed E-state index contributed by atoms with van der Waals surface area (Å²) in [7, 11) is 1.59. The lowest BCUT2D eigenvalue weighted by Crippen LogP contribution is -2.57. The molecular weight excluding hydrogens is 264 g/mol. The van der Waals surface area contributed by atoms with Crippen molar-refractivity contribution < 1.29 is 29.5 Å². The minimum Gasteiger partial charge on any atom is -0.497 e. The molecule has 0 unspecified atom stereocenters. The van der Waals surface area contributed by atoms with Crippen LogP contribution in [0.4, 0.5) is 0 Å². The zero-order valence-electron chi connectivity index (χ0n) is 11.5. The monoisotopic (exact) mass is 284 g/mol. The normalized spacial score (nSPS) is 34.0. The van der Waals surface area contributed by atoms with Crippen LogP contribution in [0.1, 0.15) is 12.5 Å². The fourth-order valence-corrected chi connectivity index (χ4v) is 2.12. The van der Waals surface area contributed by atoms with Crippen LogP contribution in [0.25, 0.3) is 0 Å². The Labute approximate surface area is 117 Å². The zero-order chi connectivity index (χ0) is 14.7. The second-order valence-corrected chi connectivity index (χ2v) is 4.84. The maximum absolute atomic E-state index is 9.94. The Morgan fingerprint density at radius 3 is 2.35 bits per heavy atom. The van der Waals surface area contributed by atoms with Gasteiger partial charge in [0.05, 0.1) is 19.8 Å². The molecule has 5 atom stereocenters. The highest BCUT2D eigenvalue weighted by molar-refractivity contribution is 5.26. The Morgan fingerprint density at radius 1 is 1.10 bits per heavy atom. The van der Waals surface area contributed by atoms with E-state index in [1.165, 1.54) is 0 Å². The van der Waals surface area contributed by atoms with E-state index < -0.39 is 30.7 Å². The van der Waals surface area contributed by atoms with Gasteiger partial charge in [-0.1, -0.05) is 12.1 Å². The number of aliphatic hydroxyl groups excluding tert-OH is 3. The summed E-state index contributed by atoms with van der Waals surface area (Å²) in [4.78, 5) is 0. The Morgan fingerprint density at radius 2 is 1.75 bits per heavy atom. The first-order valence-electron chi connectivity index (χ1n) is 6.47. The van der Waals surface area contributed by atoms with Crippen molar-refractivity contribution in [2.24, 2.45) is 0 Å². The first-order valence-corrected chi connectivity index (χ1v) is 6.47. The molecule has 112 valence electrons. The van der Waals surface area contributed by atoms with E-state index in [1.54, 1.807) is 26.2 Å². The SMILES string of the molecule is COc1ccc(CO[C@@H]2[C@@H](O)[C@H](C)O[C@H](O)[C@@H]2O)cc1. The summed E-state index contributed by atoms with van der Waals surface area (Å²) in [5, 5.41) is 29.3. The molecule has 1 aromatic carbocycles. The summed E-state index contributed by atoms with van der Waals surface area (Å²) in [6, 6.07) is 7.26. The first kappa shape index (κ1) is 15.2. The van der Waals surface area contributed by atoms with E-state index in [1.807, 2.05) is 12.1 Å². The van der Waals surface area contributed by atoms with Gasteiger partial charge in [-0.25, -0.2) is 0 Å². The highest BCUT2D eigenvalue weighted by Crippen LogP contribution is 2.23. The molecule has 0 spiro atoms. The van der Waals surface area contributed by atoms with Gasteiger partial charge in [0, 0.05) is 0 Å². The standard InChI is InChI=1S/C14H20O6/c1-8-11(15)13(12(16)14(17)20-8)19-7-9-3-5-10(18-2)6-4-9/h3-6,8,11-17H,7H2,1-2H3/t8-,11-,12+,13+,14-/m0/s1. The van der Waals surface area contributed by atoms with E-state index in [0.29, 0.717) is 0 Å². The van der Waals surface area contributed by atoms with Crippen LogP contribution in [0.3, 0.4) is 0 Å². The average Bonchev–Trinajstić information content (AvgIpc) is 2.46. The van der Waals surface area contributed by atoms with Crippen molar-refractivity contribution in [2.45, 2.75) is 44.2 Å². The molecule has 6 nitrogen and oxygen atoms in total. The predicted octanol–water partition coefficient (Wildman–Crippen LogP) is 0.0393. The lowest BCUT2D eigenvalue weighted by molar-refractivity contribution is -0.287. The van der Waals surface area contributed by atoms with E-state index in [-0.39, 0.29) is 6.61 Å². The number of methoxy groups -OCH3 is 1. The molecule has 0 amide bonds. The number of benzene rings is 1. The van der Waals surface area contributed by atoms with Crippen molar-refractivity contribution in [3.8, 4) is 5.75 Å². The molecule has 0 saturated carbocycles. The first-order chi connectivity index (χ1) is 9.52. The zero-order valence-corrected chi connectivity index (χ0v) is 11.5. The molecule has 1 fully saturated rings. The van der Waals surface area contributed by atoms with Crippen molar-refractivity contribution in [1.29, 1.82) is 0 Å². The van der Waals surface area contributed by atoms with Crippen molar-refractivity contribution in [3.63, 3.8) is 0 Å².